The fraction of sp³-hybridized carbons (Fsp3) is 0.310. The maximum absolute atomic E-state index is 14.0. The van der Waals surface area contributed by atoms with Crippen molar-refractivity contribution in [3.8, 4) is 0 Å². The third-order valence-corrected chi connectivity index (χ3v) is 9.04. The number of nitrogens with one attached hydrogen (secondary N) is 1. The van der Waals surface area contributed by atoms with E-state index in [1.54, 1.807) is 43.3 Å². The Balaban J connectivity index is 2.07. The van der Waals surface area contributed by atoms with Gasteiger partial charge in [0.05, 0.1) is 15.6 Å². The quantitative estimate of drug-likeness (QED) is 0.265. The van der Waals surface area contributed by atoms with Gasteiger partial charge in [-0.3, -0.25) is 13.9 Å². The van der Waals surface area contributed by atoms with E-state index in [9.17, 15) is 18.0 Å². The van der Waals surface area contributed by atoms with Crippen molar-refractivity contribution < 1.29 is 18.0 Å². The van der Waals surface area contributed by atoms with Crippen LogP contribution < -0.4 is 9.62 Å². The molecular formula is C29H32Cl3N3O4S. The van der Waals surface area contributed by atoms with E-state index in [-0.39, 0.29) is 39.1 Å². The molecule has 3 rings (SSSR count). The molecule has 40 heavy (non-hydrogen) atoms. The average Bonchev–Trinajstić information content (AvgIpc) is 2.91. The maximum atomic E-state index is 14.0. The molecule has 2 atom stereocenters. The van der Waals surface area contributed by atoms with E-state index in [2.05, 4.69) is 5.32 Å². The van der Waals surface area contributed by atoms with Crippen molar-refractivity contribution >= 4 is 62.3 Å². The SMILES string of the molecule is CC[C@H](C)NC(=O)[C@H](C)N(Cc1cccc(Cl)c1)C(=O)CN(c1cc(Cl)ccc1Cl)S(=O)(=O)c1ccc(C)cc1. The summed E-state index contributed by atoms with van der Waals surface area (Å²) >= 11 is 18.8. The Morgan fingerprint density at radius 1 is 0.925 bits per heavy atom. The van der Waals surface area contributed by atoms with Gasteiger partial charge in [0.15, 0.2) is 0 Å². The number of nitrogens with zero attached hydrogens (tertiary/aromatic N) is 2. The highest BCUT2D eigenvalue weighted by atomic mass is 35.5. The van der Waals surface area contributed by atoms with Crippen LogP contribution in [-0.2, 0) is 26.2 Å². The summed E-state index contributed by atoms with van der Waals surface area (Å²) in [5, 5.41) is 3.70. The largest absolute Gasteiger partial charge is 0.352 e. The third-order valence-electron chi connectivity index (χ3n) is 6.47. The summed E-state index contributed by atoms with van der Waals surface area (Å²) in [5.41, 5.74) is 1.59. The minimum Gasteiger partial charge on any atom is -0.352 e. The molecule has 0 aliphatic heterocycles. The van der Waals surface area contributed by atoms with Crippen LogP contribution in [0.2, 0.25) is 15.1 Å². The molecule has 214 valence electrons. The summed E-state index contributed by atoms with van der Waals surface area (Å²) in [6.07, 6.45) is 0.705. The second-order valence-corrected chi connectivity index (χ2v) is 12.7. The average molecular weight is 625 g/mol. The number of hydrogen-bond donors (Lipinski definition) is 1. The summed E-state index contributed by atoms with van der Waals surface area (Å²) in [5.74, 6) is -0.975. The van der Waals surface area contributed by atoms with Crippen LogP contribution in [0.15, 0.2) is 71.6 Å². The zero-order chi connectivity index (χ0) is 29.6. The Kier molecular flexibility index (Phi) is 10.9. The lowest BCUT2D eigenvalue weighted by molar-refractivity contribution is -0.139. The lowest BCUT2D eigenvalue weighted by Crippen LogP contribution is -2.52. The predicted octanol–water partition coefficient (Wildman–Crippen LogP) is 6.48. The van der Waals surface area contributed by atoms with E-state index in [0.717, 1.165) is 9.87 Å². The van der Waals surface area contributed by atoms with Gasteiger partial charge in [-0.05, 0) is 75.2 Å². The molecule has 0 spiro atoms. The highest BCUT2D eigenvalue weighted by Crippen LogP contribution is 2.33. The van der Waals surface area contributed by atoms with Crippen LogP contribution in [0.5, 0.6) is 0 Å². The number of carbonyl (C=O) groups excluding carboxylic acids is 2. The van der Waals surface area contributed by atoms with Crippen LogP contribution in [0.3, 0.4) is 0 Å². The number of anilines is 1. The number of sulfonamides is 1. The first kappa shape index (κ1) is 31.7. The number of hydrogen-bond acceptors (Lipinski definition) is 4. The number of rotatable bonds is 11. The fourth-order valence-corrected chi connectivity index (χ4v) is 5.98. The fourth-order valence-electron chi connectivity index (χ4n) is 3.91. The lowest BCUT2D eigenvalue weighted by Gasteiger charge is -2.32. The first-order valence-corrected chi connectivity index (χ1v) is 15.3. The Morgan fingerprint density at radius 3 is 2.20 bits per heavy atom. The summed E-state index contributed by atoms with van der Waals surface area (Å²) in [7, 11) is -4.27. The number of carbonyl (C=O) groups is 2. The van der Waals surface area contributed by atoms with Crippen molar-refractivity contribution in [2.24, 2.45) is 0 Å². The van der Waals surface area contributed by atoms with Gasteiger partial charge in [0, 0.05) is 22.6 Å². The predicted molar refractivity (Wildman–Crippen MR) is 162 cm³/mol. The molecule has 1 N–H and O–H groups in total. The number of benzene rings is 3. The van der Waals surface area contributed by atoms with E-state index in [4.69, 9.17) is 34.8 Å². The Labute approximate surface area is 251 Å². The second-order valence-electron chi connectivity index (χ2n) is 9.57. The van der Waals surface area contributed by atoms with Gasteiger partial charge in [0.2, 0.25) is 11.8 Å². The molecular weight excluding hydrogens is 593 g/mol. The van der Waals surface area contributed by atoms with Gasteiger partial charge in [-0.1, -0.05) is 71.6 Å². The van der Waals surface area contributed by atoms with Crippen molar-refractivity contribution in [1.82, 2.24) is 10.2 Å². The highest BCUT2D eigenvalue weighted by molar-refractivity contribution is 7.92. The van der Waals surface area contributed by atoms with E-state index in [1.165, 1.54) is 35.2 Å². The molecule has 0 fully saturated rings. The van der Waals surface area contributed by atoms with Crippen LogP contribution in [0.1, 0.15) is 38.3 Å². The van der Waals surface area contributed by atoms with Crippen molar-refractivity contribution in [2.45, 2.75) is 57.6 Å². The van der Waals surface area contributed by atoms with Gasteiger partial charge in [-0.2, -0.15) is 0 Å². The minimum absolute atomic E-state index is 0.0223. The minimum atomic E-state index is -4.27. The summed E-state index contributed by atoms with van der Waals surface area (Å²) in [4.78, 5) is 28.4. The Bertz CT molecular complexity index is 1470. The molecule has 3 aromatic rings. The van der Waals surface area contributed by atoms with Crippen molar-refractivity contribution in [3.05, 3.63) is 92.9 Å². The zero-order valence-electron chi connectivity index (χ0n) is 22.7. The van der Waals surface area contributed by atoms with Crippen LogP contribution >= 0.6 is 34.8 Å². The lowest BCUT2D eigenvalue weighted by atomic mass is 10.1. The summed E-state index contributed by atoms with van der Waals surface area (Å²) in [6, 6.07) is 16.5. The van der Waals surface area contributed by atoms with Gasteiger partial charge >= 0.3 is 0 Å². The van der Waals surface area contributed by atoms with Crippen molar-refractivity contribution in [1.29, 1.82) is 0 Å². The second kappa shape index (κ2) is 13.7. The normalized spacial score (nSPS) is 12.9. The van der Waals surface area contributed by atoms with Gasteiger partial charge in [0.25, 0.3) is 10.0 Å². The van der Waals surface area contributed by atoms with Gasteiger partial charge in [-0.15, -0.1) is 0 Å². The smallest absolute Gasteiger partial charge is 0.264 e. The molecule has 2 amide bonds. The van der Waals surface area contributed by atoms with E-state index in [0.29, 0.717) is 17.0 Å². The molecule has 0 heterocycles. The molecule has 0 aromatic heterocycles. The Morgan fingerprint density at radius 2 is 1.57 bits per heavy atom. The van der Waals surface area contributed by atoms with Crippen molar-refractivity contribution in [2.75, 3.05) is 10.8 Å². The number of amides is 2. The molecule has 0 bridgehead atoms. The number of halogens is 3. The third kappa shape index (κ3) is 7.91. The first-order chi connectivity index (χ1) is 18.8. The molecule has 3 aromatic carbocycles. The monoisotopic (exact) mass is 623 g/mol. The summed E-state index contributed by atoms with van der Waals surface area (Å²) in [6.45, 7) is 6.64. The van der Waals surface area contributed by atoms with Crippen LogP contribution in [0, 0.1) is 6.92 Å². The number of aryl methyl sites for hydroxylation is 1. The van der Waals surface area contributed by atoms with Crippen LogP contribution in [0.4, 0.5) is 5.69 Å². The molecule has 0 aliphatic rings. The molecule has 11 heteroatoms. The van der Waals surface area contributed by atoms with E-state index < -0.39 is 28.5 Å². The van der Waals surface area contributed by atoms with Gasteiger partial charge in [0.1, 0.15) is 12.6 Å². The molecule has 0 unspecified atom stereocenters. The molecule has 0 radical (unpaired) electrons. The van der Waals surface area contributed by atoms with E-state index >= 15 is 0 Å². The first-order valence-electron chi connectivity index (χ1n) is 12.7. The summed E-state index contributed by atoms with van der Waals surface area (Å²) < 4.78 is 28.8. The van der Waals surface area contributed by atoms with Crippen LogP contribution in [-0.4, -0.2) is 43.8 Å². The van der Waals surface area contributed by atoms with Gasteiger partial charge < -0.3 is 10.2 Å². The topological polar surface area (TPSA) is 86.8 Å². The molecule has 0 saturated carbocycles. The molecule has 0 saturated heterocycles. The van der Waals surface area contributed by atoms with Crippen LogP contribution in [0.25, 0.3) is 0 Å². The highest BCUT2D eigenvalue weighted by Gasteiger charge is 2.33. The maximum Gasteiger partial charge on any atom is 0.264 e. The Hall–Kier alpha value is -2.78. The molecule has 7 nitrogen and oxygen atoms in total. The van der Waals surface area contributed by atoms with E-state index in [1.807, 2.05) is 20.8 Å². The van der Waals surface area contributed by atoms with Gasteiger partial charge in [-0.25, -0.2) is 8.42 Å². The van der Waals surface area contributed by atoms with Crippen molar-refractivity contribution in [3.63, 3.8) is 0 Å². The molecule has 0 aliphatic carbocycles. The standard InChI is InChI=1S/C29H32Cl3N3O4S/c1-5-20(3)33-29(37)21(4)34(17-22-7-6-8-23(30)15-22)28(36)18-35(27-16-24(31)11-14-26(27)32)40(38,39)25-12-9-19(2)10-13-25/h6-16,20-21H,5,17-18H2,1-4H3,(H,33,37)/t20-,21-/m0/s1. The zero-order valence-corrected chi connectivity index (χ0v) is 25.8.